The molecule has 1 atom stereocenters. The third-order valence-corrected chi connectivity index (χ3v) is 4.18. The lowest BCUT2D eigenvalue weighted by atomic mass is 10.2. The van der Waals surface area contributed by atoms with E-state index < -0.39 is 0 Å². The molecule has 1 aromatic rings. The Morgan fingerprint density at radius 1 is 1.24 bits per heavy atom. The monoisotopic (exact) mass is 465 g/mol. The van der Waals surface area contributed by atoms with Crippen LogP contribution in [0.3, 0.4) is 0 Å². The normalized spacial score (nSPS) is 12.8. The van der Waals surface area contributed by atoms with Gasteiger partial charge in [0.25, 0.3) is 0 Å². The Balaban J connectivity index is 0.00000576. The maximum Gasteiger partial charge on any atom is 0.216 e. The maximum atomic E-state index is 5.58. The Kier molecular flexibility index (Phi) is 12.9. The number of nitrogens with zero attached hydrogens (tertiary/aromatic N) is 3. The van der Waals surface area contributed by atoms with Gasteiger partial charge in [0, 0.05) is 12.6 Å². The summed E-state index contributed by atoms with van der Waals surface area (Å²) >= 11 is 0. The summed E-state index contributed by atoms with van der Waals surface area (Å²) in [7, 11) is 0. The summed E-state index contributed by atoms with van der Waals surface area (Å²) in [4.78, 5) is 11.4. The second-order valence-corrected chi connectivity index (χ2v) is 6.16. The van der Waals surface area contributed by atoms with Crippen LogP contribution in [0.25, 0.3) is 0 Å². The Hall–Kier alpha value is -0.830. The minimum absolute atomic E-state index is 0. The molecule has 0 bridgehead atoms. The molecule has 2 N–H and O–H groups in total. The Morgan fingerprint density at radius 2 is 1.92 bits per heavy atom. The standard InChI is InChI=1S/C18H35N5O.HI/c1-7-19-18(20-13-17-22-15(5)16(6)24-17)21-14(4)11-10-12-23(8-2)9-3;/h14H,7-13H2,1-6H3,(H2,19,20,21);1H. The first-order chi connectivity index (χ1) is 11.5. The largest absolute Gasteiger partial charge is 0.444 e. The number of guanidine groups is 1. The first kappa shape index (κ1) is 24.2. The van der Waals surface area contributed by atoms with Crippen LogP contribution in [0, 0.1) is 13.8 Å². The van der Waals surface area contributed by atoms with Gasteiger partial charge in [-0.3, -0.25) is 0 Å². The van der Waals surface area contributed by atoms with Crippen molar-refractivity contribution in [2.45, 2.75) is 67.0 Å². The third-order valence-electron chi connectivity index (χ3n) is 4.18. The van der Waals surface area contributed by atoms with E-state index in [0.29, 0.717) is 18.5 Å². The molecule has 1 rings (SSSR count). The smallest absolute Gasteiger partial charge is 0.216 e. The molecule has 0 radical (unpaired) electrons. The van der Waals surface area contributed by atoms with E-state index >= 15 is 0 Å². The van der Waals surface area contributed by atoms with Gasteiger partial charge < -0.3 is 20.0 Å². The van der Waals surface area contributed by atoms with Crippen molar-refractivity contribution in [3.8, 4) is 0 Å². The lowest BCUT2D eigenvalue weighted by molar-refractivity contribution is 0.292. The molecular formula is C18H36IN5O. The number of rotatable bonds is 10. The van der Waals surface area contributed by atoms with Gasteiger partial charge in [0.15, 0.2) is 5.96 Å². The highest BCUT2D eigenvalue weighted by atomic mass is 127. The summed E-state index contributed by atoms with van der Waals surface area (Å²) < 4.78 is 5.58. The van der Waals surface area contributed by atoms with Crippen molar-refractivity contribution in [1.82, 2.24) is 20.5 Å². The number of oxazole rings is 1. The second-order valence-electron chi connectivity index (χ2n) is 6.16. The van der Waals surface area contributed by atoms with Gasteiger partial charge in [-0.05, 0) is 60.2 Å². The lowest BCUT2D eigenvalue weighted by Crippen LogP contribution is -2.42. The molecule has 0 aromatic carbocycles. The van der Waals surface area contributed by atoms with Crippen LogP contribution in [0.1, 0.15) is 57.9 Å². The molecule has 0 aliphatic rings. The average Bonchev–Trinajstić information content (AvgIpc) is 2.88. The highest BCUT2D eigenvalue weighted by Crippen LogP contribution is 2.09. The number of aromatic nitrogens is 1. The molecule has 1 unspecified atom stereocenters. The zero-order chi connectivity index (χ0) is 17.9. The lowest BCUT2D eigenvalue weighted by Gasteiger charge is -2.21. The summed E-state index contributed by atoms with van der Waals surface area (Å²) in [5, 5.41) is 6.76. The van der Waals surface area contributed by atoms with E-state index in [0.717, 1.165) is 50.0 Å². The minimum atomic E-state index is 0. The minimum Gasteiger partial charge on any atom is -0.444 e. The summed E-state index contributed by atoms with van der Waals surface area (Å²) in [5.74, 6) is 2.35. The Morgan fingerprint density at radius 3 is 2.44 bits per heavy atom. The summed E-state index contributed by atoms with van der Waals surface area (Å²) in [6.45, 7) is 17.3. The first-order valence-corrected chi connectivity index (χ1v) is 9.20. The number of aliphatic imine (C=N–C) groups is 1. The number of hydrogen-bond donors (Lipinski definition) is 2. The van der Waals surface area contributed by atoms with Crippen molar-refractivity contribution in [2.24, 2.45) is 4.99 Å². The number of hydrogen-bond acceptors (Lipinski definition) is 4. The van der Waals surface area contributed by atoms with E-state index in [4.69, 9.17) is 4.42 Å². The summed E-state index contributed by atoms with van der Waals surface area (Å²) in [5.41, 5.74) is 0.933. The van der Waals surface area contributed by atoms with Gasteiger partial charge in [-0.2, -0.15) is 0 Å². The van der Waals surface area contributed by atoms with Crippen LogP contribution in [0.5, 0.6) is 0 Å². The number of halogens is 1. The van der Waals surface area contributed by atoms with Crippen molar-refractivity contribution >= 4 is 29.9 Å². The van der Waals surface area contributed by atoms with Crippen LogP contribution in [-0.2, 0) is 6.54 Å². The molecule has 6 nitrogen and oxygen atoms in total. The van der Waals surface area contributed by atoms with E-state index in [1.165, 1.54) is 6.42 Å². The first-order valence-electron chi connectivity index (χ1n) is 9.20. The van der Waals surface area contributed by atoms with Crippen LogP contribution >= 0.6 is 24.0 Å². The average molecular weight is 465 g/mol. The molecule has 0 spiro atoms. The molecule has 1 aromatic heterocycles. The topological polar surface area (TPSA) is 65.7 Å². The van der Waals surface area contributed by atoms with Crippen LogP contribution in [-0.4, -0.2) is 48.1 Å². The fourth-order valence-electron chi connectivity index (χ4n) is 2.54. The van der Waals surface area contributed by atoms with Gasteiger partial charge in [-0.25, -0.2) is 9.98 Å². The molecule has 0 amide bonds. The van der Waals surface area contributed by atoms with Gasteiger partial charge in [0.05, 0.1) is 5.69 Å². The predicted octanol–water partition coefficient (Wildman–Crippen LogP) is 3.48. The second kappa shape index (κ2) is 13.4. The fraction of sp³-hybridized carbons (Fsp3) is 0.778. The van der Waals surface area contributed by atoms with Crippen LogP contribution in [0.15, 0.2) is 9.41 Å². The molecule has 0 aliphatic heterocycles. The highest BCUT2D eigenvalue weighted by Gasteiger charge is 2.08. The Bertz CT molecular complexity index is 480. The molecule has 0 saturated heterocycles. The summed E-state index contributed by atoms with van der Waals surface area (Å²) in [6.07, 6.45) is 2.31. The molecule has 0 fully saturated rings. The van der Waals surface area contributed by atoms with Crippen LogP contribution in [0.4, 0.5) is 0 Å². The molecule has 0 aliphatic carbocycles. The quantitative estimate of drug-likeness (QED) is 0.315. The van der Waals surface area contributed by atoms with E-state index in [9.17, 15) is 0 Å². The van der Waals surface area contributed by atoms with Crippen molar-refractivity contribution in [2.75, 3.05) is 26.2 Å². The fourth-order valence-corrected chi connectivity index (χ4v) is 2.54. The molecule has 25 heavy (non-hydrogen) atoms. The summed E-state index contributed by atoms with van der Waals surface area (Å²) in [6, 6.07) is 0.381. The molecule has 1 heterocycles. The molecular weight excluding hydrogens is 429 g/mol. The van der Waals surface area contributed by atoms with Gasteiger partial charge in [0.1, 0.15) is 12.3 Å². The van der Waals surface area contributed by atoms with Gasteiger partial charge in [-0.15, -0.1) is 24.0 Å². The van der Waals surface area contributed by atoms with E-state index in [-0.39, 0.29) is 24.0 Å². The van der Waals surface area contributed by atoms with Crippen LogP contribution in [0.2, 0.25) is 0 Å². The van der Waals surface area contributed by atoms with Gasteiger partial charge >= 0.3 is 0 Å². The van der Waals surface area contributed by atoms with Crippen molar-refractivity contribution < 1.29 is 4.42 Å². The predicted molar refractivity (Wildman–Crippen MR) is 116 cm³/mol. The van der Waals surface area contributed by atoms with Crippen LogP contribution < -0.4 is 10.6 Å². The van der Waals surface area contributed by atoms with E-state index in [1.807, 2.05) is 13.8 Å². The van der Waals surface area contributed by atoms with Crippen molar-refractivity contribution in [1.29, 1.82) is 0 Å². The number of nitrogens with one attached hydrogen (secondary N) is 2. The van der Waals surface area contributed by atoms with Crippen molar-refractivity contribution in [3.63, 3.8) is 0 Å². The third kappa shape index (κ3) is 9.44. The molecule has 146 valence electrons. The zero-order valence-electron chi connectivity index (χ0n) is 16.7. The molecule has 0 saturated carbocycles. The molecule has 7 heteroatoms. The Labute approximate surface area is 170 Å². The van der Waals surface area contributed by atoms with Gasteiger partial charge in [-0.1, -0.05) is 13.8 Å². The highest BCUT2D eigenvalue weighted by molar-refractivity contribution is 14.0. The SMILES string of the molecule is CCNC(=NCc1nc(C)c(C)o1)NC(C)CCCN(CC)CC.I. The van der Waals surface area contributed by atoms with E-state index in [2.05, 4.69) is 53.2 Å². The maximum absolute atomic E-state index is 5.58. The van der Waals surface area contributed by atoms with E-state index in [1.54, 1.807) is 0 Å². The zero-order valence-corrected chi connectivity index (χ0v) is 19.0. The van der Waals surface area contributed by atoms with Crippen molar-refractivity contribution in [3.05, 3.63) is 17.3 Å². The number of aryl methyl sites for hydroxylation is 2. The van der Waals surface area contributed by atoms with Gasteiger partial charge in [0.2, 0.25) is 5.89 Å².